The summed E-state index contributed by atoms with van der Waals surface area (Å²) >= 11 is 0. The number of likely N-dealkylation sites (tertiary alicyclic amines) is 1. The van der Waals surface area contributed by atoms with Crippen LogP contribution in [0.1, 0.15) is 56.2 Å². The van der Waals surface area contributed by atoms with Gasteiger partial charge in [0.25, 0.3) is 0 Å². The third kappa shape index (κ3) is 9.33. The minimum atomic E-state index is -4.52. The molecule has 1 atom stereocenters. The Hall–Kier alpha value is -4.33. The highest BCUT2D eigenvalue weighted by molar-refractivity contribution is 6.00. The Kier molecular flexibility index (Phi) is 11.8. The van der Waals surface area contributed by atoms with Crippen molar-refractivity contribution in [3.63, 3.8) is 0 Å². The molecular formula is C35H38F4N2O2. The van der Waals surface area contributed by atoms with Gasteiger partial charge in [0.15, 0.2) is 0 Å². The number of hydrogen-bond donors (Lipinski definition) is 1. The molecular weight excluding hydrogens is 556 g/mol. The van der Waals surface area contributed by atoms with Crippen molar-refractivity contribution in [2.75, 3.05) is 18.8 Å². The first-order valence-corrected chi connectivity index (χ1v) is 14.2. The molecule has 1 aliphatic rings. The first-order chi connectivity index (χ1) is 20.5. The van der Waals surface area contributed by atoms with E-state index in [-0.39, 0.29) is 34.4 Å². The number of nitrogens with zero attached hydrogens (tertiary/aromatic N) is 1. The zero-order valence-corrected chi connectivity index (χ0v) is 24.6. The average Bonchev–Trinajstić information content (AvgIpc) is 2.98. The van der Waals surface area contributed by atoms with Crippen molar-refractivity contribution < 1.29 is 27.1 Å². The highest BCUT2D eigenvalue weighted by Crippen LogP contribution is 2.41. The smallest absolute Gasteiger partial charge is 0.393 e. The van der Waals surface area contributed by atoms with Gasteiger partial charge in [0.05, 0.1) is 13.0 Å². The summed E-state index contributed by atoms with van der Waals surface area (Å²) in [5.41, 5.74) is 7.63. The van der Waals surface area contributed by atoms with Crippen LogP contribution in [0.5, 0.6) is 0 Å². The maximum Gasteiger partial charge on any atom is 0.393 e. The van der Waals surface area contributed by atoms with E-state index in [2.05, 4.69) is 13.2 Å². The zero-order valence-electron chi connectivity index (χ0n) is 24.6. The van der Waals surface area contributed by atoms with Gasteiger partial charge in [-0.3, -0.25) is 4.79 Å². The largest absolute Gasteiger partial charge is 0.489 e. The van der Waals surface area contributed by atoms with Crippen molar-refractivity contribution >= 4 is 28.6 Å². The van der Waals surface area contributed by atoms with Gasteiger partial charge in [-0.25, -0.2) is 4.39 Å². The Morgan fingerprint density at radius 2 is 1.86 bits per heavy atom. The lowest BCUT2D eigenvalue weighted by atomic mass is 9.86. The molecule has 1 amide bonds. The van der Waals surface area contributed by atoms with Crippen molar-refractivity contribution in [3.8, 4) is 0 Å². The molecule has 228 valence electrons. The second-order valence-corrected chi connectivity index (χ2v) is 10.2. The summed E-state index contributed by atoms with van der Waals surface area (Å²) in [7, 11) is 0. The third-order valence-corrected chi connectivity index (χ3v) is 7.03. The van der Waals surface area contributed by atoms with Gasteiger partial charge in [-0.2, -0.15) is 13.2 Å². The molecule has 8 heteroatoms. The normalized spacial score (nSPS) is 17.1. The quantitative estimate of drug-likeness (QED) is 0.0705. The molecule has 0 radical (unpaired) electrons. The molecule has 3 rings (SSSR count). The minimum absolute atomic E-state index is 0.0136. The average molecular weight is 595 g/mol. The lowest BCUT2D eigenvalue weighted by molar-refractivity contribution is -0.129. The van der Waals surface area contributed by atoms with Gasteiger partial charge in [-0.05, 0) is 84.4 Å². The molecule has 1 fully saturated rings. The molecule has 4 nitrogen and oxygen atoms in total. The van der Waals surface area contributed by atoms with Gasteiger partial charge in [-0.15, -0.1) is 0 Å². The van der Waals surface area contributed by atoms with Gasteiger partial charge >= 0.3 is 6.18 Å². The van der Waals surface area contributed by atoms with Crippen LogP contribution >= 0.6 is 0 Å². The van der Waals surface area contributed by atoms with Gasteiger partial charge in [0.1, 0.15) is 17.7 Å². The minimum Gasteiger partial charge on any atom is -0.489 e. The van der Waals surface area contributed by atoms with Crippen LogP contribution < -0.4 is 5.73 Å². The summed E-state index contributed by atoms with van der Waals surface area (Å²) in [5, 5.41) is 0. The molecule has 0 bridgehead atoms. The Morgan fingerprint density at radius 3 is 2.47 bits per heavy atom. The van der Waals surface area contributed by atoms with E-state index < -0.39 is 18.4 Å². The molecule has 43 heavy (non-hydrogen) atoms. The summed E-state index contributed by atoms with van der Waals surface area (Å²) < 4.78 is 62.8. The molecule has 1 unspecified atom stereocenters. The summed E-state index contributed by atoms with van der Waals surface area (Å²) in [6.07, 6.45) is 4.49. The number of alkyl halides is 3. The van der Waals surface area contributed by atoms with Gasteiger partial charge < -0.3 is 15.4 Å². The maximum absolute atomic E-state index is 14.3. The van der Waals surface area contributed by atoms with Crippen molar-refractivity contribution in [3.05, 3.63) is 120 Å². The monoisotopic (exact) mass is 594 g/mol. The van der Waals surface area contributed by atoms with Crippen LogP contribution in [-0.4, -0.2) is 36.2 Å². The Morgan fingerprint density at radius 1 is 1.14 bits per heavy atom. The number of hydrogen-bond acceptors (Lipinski definition) is 3. The number of piperidine rings is 1. The van der Waals surface area contributed by atoms with Crippen LogP contribution in [0.4, 0.5) is 23.2 Å². The number of nitrogen functional groups attached to an aromatic ring is 1. The second-order valence-electron chi connectivity index (χ2n) is 10.2. The Balaban J connectivity index is 2.14. The zero-order chi connectivity index (χ0) is 31.6. The van der Waals surface area contributed by atoms with E-state index >= 15 is 0 Å². The second kappa shape index (κ2) is 15.2. The van der Waals surface area contributed by atoms with Crippen molar-refractivity contribution in [1.29, 1.82) is 0 Å². The lowest BCUT2D eigenvalue weighted by Gasteiger charge is -2.32. The summed E-state index contributed by atoms with van der Waals surface area (Å²) in [5.74, 6) is -0.412. The number of benzene rings is 2. The number of ether oxygens (including phenoxy) is 1. The van der Waals surface area contributed by atoms with Crippen LogP contribution in [0.25, 0.3) is 17.0 Å². The number of halogens is 4. The van der Waals surface area contributed by atoms with E-state index in [4.69, 9.17) is 10.5 Å². The highest BCUT2D eigenvalue weighted by atomic mass is 19.4. The first-order valence-electron chi connectivity index (χ1n) is 14.2. The fourth-order valence-electron chi connectivity index (χ4n) is 5.04. The predicted octanol–water partition coefficient (Wildman–Crippen LogP) is 9.06. The summed E-state index contributed by atoms with van der Waals surface area (Å²) in [6, 6.07) is 12.8. The molecule has 1 aliphatic heterocycles. The first kappa shape index (κ1) is 33.2. The molecule has 2 aromatic rings. The number of anilines is 1. The van der Waals surface area contributed by atoms with Crippen molar-refractivity contribution in [1.82, 2.24) is 4.90 Å². The van der Waals surface area contributed by atoms with Gasteiger partial charge in [0, 0.05) is 17.8 Å². The van der Waals surface area contributed by atoms with Gasteiger partial charge in [0.2, 0.25) is 5.91 Å². The molecule has 2 aromatic carbocycles. The molecule has 1 saturated heterocycles. The van der Waals surface area contributed by atoms with Crippen molar-refractivity contribution in [2.45, 2.75) is 51.8 Å². The number of rotatable bonds is 11. The molecule has 0 aliphatic carbocycles. The van der Waals surface area contributed by atoms with Crippen LogP contribution in [0.2, 0.25) is 0 Å². The van der Waals surface area contributed by atoms with E-state index in [0.717, 1.165) is 12.8 Å². The van der Waals surface area contributed by atoms with Crippen LogP contribution in [0.15, 0.2) is 103 Å². The van der Waals surface area contributed by atoms with Crippen molar-refractivity contribution in [2.24, 2.45) is 0 Å². The highest BCUT2D eigenvalue weighted by Gasteiger charge is 2.32. The Bertz CT molecular complexity index is 1440. The molecule has 2 N–H and O–H groups in total. The van der Waals surface area contributed by atoms with Gasteiger partial charge in [-0.1, -0.05) is 68.6 Å². The third-order valence-electron chi connectivity index (χ3n) is 7.03. The topological polar surface area (TPSA) is 55.6 Å². The fraction of sp³-hybridized carbons (Fsp3) is 0.286. The number of amides is 1. The number of carbonyl (C=O) groups is 1. The van der Waals surface area contributed by atoms with E-state index in [9.17, 15) is 22.4 Å². The van der Waals surface area contributed by atoms with E-state index in [1.165, 1.54) is 18.2 Å². The SMILES string of the molecule is C=CC(=O)N1CCCC(OC(/C=C\C(=C/C)C(=C(\CC(F)(F)F)c2ccccc2)\c2ccc(N)c(C(=C)F)c2)=C\CC)C1. The van der Waals surface area contributed by atoms with E-state index in [1.54, 1.807) is 66.4 Å². The summed E-state index contributed by atoms with van der Waals surface area (Å²) in [6.45, 7) is 11.6. The van der Waals surface area contributed by atoms with Crippen LogP contribution in [0, 0.1) is 0 Å². The molecule has 0 aromatic heterocycles. The molecule has 0 spiro atoms. The molecule has 0 saturated carbocycles. The number of carbonyl (C=O) groups excluding carboxylic acids is 1. The number of allylic oxidation sites excluding steroid dienone is 7. The van der Waals surface area contributed by atoms with Crippen LogP contribution in [0.3, 0.4) is 0 Å². The van der Waals surface area contributed by atoms with E-state index in [0.29, 0.717) is 42.0 Å². The predicted molar refractivity (Wildman–Crippen MR) is 167 cm³/mol. The summed E-state index contributed by atoms with van der Waals surface area (Å²) in [4.78, 5) is 13.8. The lowest BCUT2D eigenvalue weighted by Crippen LogP contribution is -2.42. The van der Waals surface area contributed by atoms with Crippen LogP contribution in [-0.2, 0) is 9.53 Å². The fourth-order valence-corrected chi connectivity index (χ4v) is 5.04. The molecule has 1 heterocycles. The number of nitrogens with two attached hydrogens (primary N) is 1. The van der Waals surface area contributed by atoms with E-state index in [1.807, 2.05) is 13.0 Å². The Labute approximate surface area is 251 Å². The maximum atomic E-state index is 14.3. The standard InChI is InChI=1S/C35H38F4N2O2/c1-5-12-28(43-29-15-11-20-41(23-29)33(42)7-3)18-16-25(6-2)34(27-17-19-32(40)30(21-27)24(4)36)31(22-35(37,38)39)26-13-9-8-10-14-26/h6-10,12-14,16-19,21,29H,3-5,11,15,20,22-23,40H2,1-2H3/b18-16-,25-6+,28-12-,34-31+.